The minimum absolute atomic E-state index is 0.134. The molecule has 0 bridgehead atoms. The molecule has 43 heavy (non-hydrogen) atoms. The molecule has 1 aliphatic rings. The lowest BCUT2D eigenvalue weighted by atomic mass is 10.1. The summed E-state index contributed by atoms with van der Waals surface area (Å²) in [5.74, 6) is -0.481. The predicted octanol–water partition coefficient (Wildman–Crippen LogP) is 3.29. The van der Waals surface area contributed by atoms with Crippen molar-refractivity contribution in [2.75, 3.05) is 34.1 Å². The van der Waals surface area contributed by atoms with E-state index in [1.807, 2.05) is 13.8 Å². The van der Waals surface area contributed by atoms with E-state index in [0.29, 0.717) is 21.4 Å². The number of benzene rings is 2. The average molecular weight is 638 g/mol. The van der Waals surface area contributed by atoms with Crippen molar-refractivity contribution in [3.05, 3.63) is 48.0 Å². The molecule has 2 atom stereocenters. The van der Waals surface area contributed by atoms with Gasteiger partial charge in [-0.25, -0.2) is 22.3 Å². The van der Waals surface area contributed by atoms with Crippen LogP contribution in [-0.2, 0) is 30.8 Å². The largest absolute Gasteiger partial charge is 0.493 e. The van der Waals surface area contributed by atoms with Crippen LogP contribution in [0.15, 0.2) is 47.4 Å². The molecule has 0 aromatic heterocycles. The molecule has 1 heterocycles. The van der Waals surface area contributed by atoms with Crippen molar-refractivity contribution in [2.24, 2.45) is 0 Å². The summed E-state index contributed by atoms with van der Waals surface area (Å²) in [4.78, 5) is 40.7. The number of amides is 2. The predicted molar refractivity (Wildman–Crippen MR) is 162 cm³/mol. The molecule has 2 aromatic rings. The minimum Gasteiger partial charge on any atom is -0.493 e. The van der Waals surface area contributed by atoms with Crippen LogP contribution >= 0.6 is 11.8 Å². The molecule has 3 rings (SSSR count). The summed E-state index contributed by atoms with van der Waals surface area (Å²) in [5, 5.41) is 2.23. The first-order valence-corrected chi connectivity index (χ1v) is 16.0. The number of hydrogen-bond acceptors (Lipinski definition) is 11. The Balaban J connectivity index is 2.12. The summed E-state index contributed by atoms with van der Waals surface area (Å²) < 4.78 is 50.6. The van der Waals surface area contributed by atoms with Crippen molar-refractivity contribution in [3.63, 3.8) is 0 Å². The summed E-state index contributed by atoms with van der Waals surface area (Å²) in [7, 11) is 1.22. The molecule has 2 aromatic carbocycles. The van der Waals surface area contributed by atoms with Crippen LogP contribution in [-0.4, -0.2) is 92.7 Å². The molecule has 236 valence electrons. The zero-order valence-electron chi connectivity index (χ0n) is 25.6. The van der Waals surface area contributed by atoms with E-state index < -0.39 is 51.1 Å². The van der Waals surface area contributed by atoms with Crippen molar-refractivity contribution >= 4 is 39.8 Å². The molecule has 1 saturated heterocycles. The van der Waals surface area contributed by atoms with Crippen LogP contribution in [0.4, 0.5) is 4.79 Å². The fourth-order valence-corrected chi connectivity index (χ4v) is 7.14. The molecule has 12 nitrogen and oxygen atoms in total. The highest BCUT2D eigenvalue weighted by Crippen LogP contribution is 2.34. The van der Waals surface area contributed by atoms with Crippen molar-refractivity contribution in [1.29, 1.82) is 0 Å². The molecule has 1 fully saturated rings. The van der Waals surface area contributed by atoms with Gasteiger partial charge in [-0.1, -0.05) is 12.1 Å². The number of ether oxygens (including phenoxy) is 4. The van der Waals surface area contributed by atoms with Crippen molar-refractivity contribution < 1.29 is 41.7 Å². The van der Waals surface area contributed by atoms with Gasteiger partial charge < -0.3 is 23.8 Å². The monoisotopic (exact) mass is 637 g/mol. The van der Waals surface area contributed by atoms with E-state index in [2.05, 4.69) is 5.32 Å². The van der Waals surface area contributed by atoms with Gasteiger partial charge in [-0.2, -0.15) is 0 Å². The molecule has 0 spiro atoms. The fraction of sp³-hybridized carbons (Fsp3) is 0.483. The maximum atomic E-state index is 14.3. The number of methoxy groups -OCH3 is 2. The first kappa shape index (κ1) is 34.0. The van der Waals surface area contributed by atoms with Gasteiger partial charge in [-0.05, 0) is 57.5 Å². The molecule has 0 radical (unpaired) electrons. The van der Waals surface area contributed by atoms with Crippen LogP contribution in [0.3, 0.4) is 0 Å². The van der Waals surface area contributed by atoms with Crippen LogP contribution in [0.1, 0.15) is 33.3 Å². The summed E-state index contributed by atoms with van der Waals surface area (Å²) >= 11 is 1.25. The second kappa shape index (κ2) is 13.9. The van der Waals surface area contributed by atoms with Gasteiger partial charge in [0.2, 0.25) is 0 Å². The summed E-state index contributed by atoms with van der Waals surface area (Å²) in [6, 6.07) is 8.60. The Labute approximate surface area is 257 Å². The Morgan fingerprint density at radius 3 is 2.16 bits per heavy atom. The van der Waals surface area contributed by atoms with Gasteiger partial charge in [0.15, 0.2) is 11.5 Å². The van der Waals surface area contributed by atoms with E-state index in [1.54, 1.807) is 40.1 Å². The summed E-state index contributed by atoms with van der Waals surface area (Å²) in [5.41, 5.74) is 0.0559. The second-order valence-corrected chi connectivity index (χ2v) is 13.9. The number of esters is 1. The van der Waals surface area contributed by atoms with Crippen LogP contribution in [0.2, 0.25) is 0 Å². The van der Waals surface area contributed by atoms with E-state index in [4.69, 9.17) is 18.9 Å². The Kier molecular flexibility index (Phi) is 11.0. The number of thioether (sulfide) groups is 1. The zero-order valence-corrected chi connectivity index (χ0v) is 27.2. The minimum atomic E-state index is -4.65. The van der Waals surface area contributed by atoms with Crippen LogP contribution in [0.5, 0.6) is 17.2 Å². The van der Waals surface area contributed by atoms with Crippen LogP contribution in [0.25, 0.3) is 0 Å². The highest BCUT2D eigenvalue weighted by molar-refractivity contribution is 8.01. The van der Waals surface area contributed by atoms with Gasteiger partial charge >= 0.3 is 12.1 Å². The summed E-state index contributed by atoms with van der Waals surface area (Å²) in [6.07, 6.45) is -1.36. The van der Waals surface area contributed by atoms with Gasteiger partial charge in [-0.3, -0.25) is 10.1 Å². The molecule has 0 saturated carbocycles. The van der Waals surface area contributed by atoms with Crippen LogP contribution in [0, 0.1) is 0 Å². The van der Waals surface area contributed by atoms with Gasteiger partial charge in [0.1, 0.15) is 17.2 Å². The number of carbonyl (C=O) groups excluding carboxylic acids is 3. The van der Waals surface area contributed by atoms with E-state index >= 15 is 0 Å². The Morgan fingerprint density at radius 2 is 1.65 bits per heavy atom. The fourth-order valence-electron chi connectivity index (χ4n) is 4.19. The Hall–Kier alpha value is -3.49. The highest BCUT2D eigenvalue weighted by Gasteiger charge is 2.46. The number of carbonyl (C=O) groups is 3. The Morgan fingerprint density at radius 1 is 1.02 bits per heavy atom. The zero-order chi connectivity index (χ0) is 32.1. The molecule has 0 unspecified atom stereocenters. The van der Waals surface area contributed by atoms with Gasteiger partial charge in [0.05, 0.1) is 25.2 Å². The highest BCUT2D eigenvalue weighted by atomic mass is 32.2. The molecule has 2 amide bonds. The third-order valence-electron chi connectivity index (χ3n) is 6.32. The lowest BCUT2D eigenvalue weighted by Gasteiger charge is -2.32. The van der Waals surface area contributed by atoms with Gasteiger partial charge in [0.25, 0.3) is 15.9 Å². The number of nitrogens with zero attached hydrogens (tertiary/aromatic N) is 2. The van der Waals surface area contributed by atoms with E-state index in [-0.39, 0.29) is 22.8 Å². The second-order valence-electron chi connectivity index (χ2n) is 11.0. The first-order valence-electron chi connectivity index (χ1n) is 13.5. The smallest absolute Gasteiger partial charge is 0.414 e. The maximum Gasteiger partial charge on any atom is 0.414 e. The number of hydrogen-bond donors (Lipinski definition) is 1. The molecular formula is C29H39N3O9S2. The van der Waals surface area contributed by atoms with Crippen molar-refractivity contribution in [1.82, 2.24) is 14.5 Å². The van der Waals surface area contributed by atoms with Crippen LogP contribution < -0.4 is 19.5 Å². The van der Waals surface area contributed by atoms with Crippen molar-refractivity contribution in [2.45, 2.75) is 62.1 Å². The number of rotatable bonds is 11. The SMILES string of the molecule is COc1ccc(S(=O)(=O)N(C(=O)[C@H]2NC(C)(C)CS2)[C@@H](Cc2ccc(OC(=O)N(C)C)cc2)C(=O)OC(C)C)cc1OC. The third-order valence-corrected chi connectivity index (χ3v) is 9.66. The molecule has 14 heteroatoms. The average Bonchev–Trinajstić information content (AvgIpc) is 3.31. The normalized spacial score (nSPS) is 16.7. The van der Waals surface area contributed by atoms with E-state index in [9.17, 15) is 22.8 Å². The molecule has 0 aliphatic carbocycles. The standard InChI is InChI=1S/C29H39N3O9S2/c1-18(2)40-27(34)22(15-19-9-11-20(12-10-19)41-28(35)31(5)6)32(26(33)25-30-29(3,4)17-42-25)43(36,37)21-13-14-23(38-7)24(16-21)39-8/h9-14,16,18,22,25,30H,15,17H2,1-8H3/t22-,25-/m0/s1. The maximum absolute atomic E-state index is 14.3. The number of sulfonamides is 1. The lowest BCUT2D eigenvalue weighted by Crippen LogP contribution is -2.56. The number of nitrogens with one attached hydrogen (secondary N) is 1. The molecule has 1 aliphatic heterocycles. The van der Waals surface area contributed by atoms with Gasteiger partial charge in [-0.15, -0.1) is 11.8 Å². The Bertz CT molecular complexity index is 1430. The molecule has 1 N–H and O–H groups in total. The summed E-state index contributed by atoms with van der Waals surface area (Å²) in [6.45, 7) is 7.06. The van der Waals surface area contributed by atoms with E-state index in [0.717, 1.165) is 0 Å². The van der Waals surface area contributed by atoms with Gasteiger partial charge in [0, 0.05) is 37.9 Å². The lowest BCUT2D eigenvalue weighted by molar-refractivity contribution is -0.155. The molecular weight excluding hydrogens is 598 g/mol. The quantitative estimate of drug-likeness (QED) is 0.363. The first-order chi connectivity index (χ1) is 20.1. The third kappa shape index (κ3) is 8.33. The van der Waals surface area contributed by atoms with Crippen molar-refractivity contribution in [3.8, 4) is 17.2 Å². The topological polar surface area (TPSA) is 141 Å². The van der Waals surface area contributed by atoms with E-state index in [1.165, 1.54) is 61.2 Å².